The molecule has 1 N–H and O–H groups in total. The van der Waals surface area contributed by atoms with Crippen LogP contribution in [0.1, 0.15) is 52.4 Å². The Labute approximate surface area is 136 Å². The zero-order valence-electron chi connectivity index (χ0n) is 13.1. The lowest BCUT2D eigenvalue weighted by Gasteiger charge is -2.57. The van der Waals surface area contributed by atoms with Crippen LogP contribution in [0.2, 0.25) is 0 Å². The molecule has 1 heterocycles. The average molecular weight is 352 g/mol. The number of carbonyl (C=O) groups excluding carboxylic acids is 1. The van der Waals surface area contributed by atoms with Gasteiger partial charge < -0.3 is 5.32 Å². The number of halogens is 1. The highest BCUT2D eigenvalue weighted by Crippen LogP contribution is 2.63. The third-order valence-electron chi connectivity index (χ3n) is 7.39. The molecule has 1 unspecified atom stereocenters. The van der Waals surface area contributed by atoms with Crippen LogP contribution >= 0.6 is 15.9 Å². The van der Waals surface area contributed by atoms with Crippen LogP contribution in [0.3, 0.4) is 0 Å². The fourth-order valence-corrected chi connectivity index (χ4v) is 7.29. The Morgan fingerprint density at radius 2 is 2.05 bits per heavy atom. The molecule has 1 aliphatic heterocycles. The van der Waals surface area contributed by atoms with E-state index in [-0.39, 0.29) is 5.41 Å². The molecule has 3 fully saturated rings. The lowest BCUT2D eigenvalue weighted by Crippen LogP contribution is -2.53. The predicted octanol–water partition coefficient (Wildman–Crippen LogP) is 4.05. The van der Waals surface area contributed by atoms with Crippen LogP contribution in [0.5, 0.6) is 0 Å². The van der Waals surface area contributed by atoms with E-state index in [1.54, 1.807) is 5.57 Å². The monoisotopic (exact) mass is 351 g/mol. The van der Waals surface area contributed by atoms with Gasteiger partial charge in [0.05, 0.1) is 5.41 Å². The van der Waals surface area contributed by atoms with Gasteiger partial charge in [0, 0.05) is 11.4 Å². The molecule has 2 saturated carbocycles. The zero-order chi connectivity index (χ0) is 14.8. The molecule has 0 aromatic heterocycles. The van der Waals surface area contributed by atoms with Gasteiger partial charge >= 0.3 is 0 Å². The van der Waals surface area contributed by atoms with Crippen molar-refractivity contribution < 1.29 is 4.79 Å². The summed E-state index contributed by atoms with van der Waals surface area (Å²) >= 11 is 3.98. The van der Waals surface area contributed by atoms with Gasteiger partial charge in [-0.2, -0.15) is 0 Å². The first-order valence-corrected chi connectivity index (χ1v) is 9.51. The minimum atomic E-state index is -0.0971. The first-order chi connectivity index (χ1) is 9.97. The molecule has 1 saturated heterocycles. The Bertz CT molecular complexity index is 515. The van der Waals surface area contributed by atoms with Crippen molar-refractivity contribution in [2.75, 3.05) is 6.54 Å². The fourth-order valence-electron chi connectivity index (χ4n) is 6.15. The van der Waals surface area contributed by atoms with E-state index in [9.17, 15) is 4.79 Å². The number of alkyl halides is 1. The van der Waals surface area contributed by atoms with E-state index in [1.165, 1.54) is 32.1 Å². The highest BCUT2D eigenvalue weighted by molar-refractivity contribution is 9.09. The summed E-state index contributed by atoms with van der Waals surface area (Å²) in [5.41, 5.74) is 1.96. The van der Waals surface area contributed by atoms with Crippen LogP contribution in [-0.2, 0) is 4.79 Å². The van der Waals surface area contributed by atoms with E-state index in [4.69, 9.17) is 0 Å². The van der Waals surface area contributed by atoms with Gasteiger partial charge in [-0.25, -0.2) is 0 Å². The molecule has 21 heavy (non-hydrogen) atoms. The quantitative estimate of drug-likeness (QED) is 0.517. The van der Waals surface area contributed by atoms with E-state index in [1.807, 2.05) is 0 Å². The van der Waals surface area contributed by atoms with Crippen molar-refractivity contribution in [1.82, 2.24) is 5.32 Å². The topological polar surface area (TPSA) is 29.1 Å². The Balaban J connectivity index is 1.73. The van der Waals surface area contributed by atoms with E-state index in [0.717, 1.165) is 18.9 Å². The number of hydrogen-bond acceptors (Lipinski definition) is 1. The zero-order valence-corrected chi connectivity index (χ0v) is 14.7. The molecule has 0 bridgehead atoms. The molecule has 4 aliphatic rings. The highest BCUT2D eigenvalue weighted by Gasteiger charge is 2.60. The average Bonchev–Trinajstić information content (AvgIpc) is 2.75. The summed E-state index contributed by atoms with van der Waals surface area (Å²) in [6.45, 7) is 5.63. The molecule has 0 aromatic carbocycles. The molecule has 4 rings (SSSR count). The number of allylic oxidation sites excluding steroid dienone is 2. The Kier molecular flexibility index (Phi) is 3.13. The van der Waals surface area contributed by atoms with Crippen molar-refractivity contribution >= 4 is 21.8 Å². The van der Waals surface area contributed by atoms with Crippen LogP contribution in [0.15, 0.2) is 11.6 Å². The van der Waals surface area contributed by atoms with Gasteiger partial charge in [-0.15, -0.1) is 0 Å². The molecule has 3 aliphatic carbocycles. The van der Waals surface area contributed by atoms with Gasteiger partial charge in [-0.3, -0.25) is 4.79 Å². The summed E-state index contributed by atoms with van der Waals surface area (Å²) in [6.07, 6.45) is 9.99. The van der Waals surface area contributed by atoms with E-state index < -0.39 is 0 Å². The summed E-state index contributed by atoms with van der Waals surface area (Å²) in [5.74, 6) is 2.34. The van der Waals surface area contributed by atoms with Gasteiger partial charge in [0.2, 0.25) is 5.91 Å². The second-order valence-corrected chi connectivity index (χ2v) is 9.32. The lowest BCUT2D eigenvalue weighted by molar-refractivity contribution is -0.133. The lowest BCUT2D eigenvalue weighted by atomic mass is 9.47. The SMILES string of the molecule is C[C@]12CCCC=C1C(Br)C[C@@H]1[C@H]2CC[C@]2(C)C(=O)NC[C@@H]12. The third kappa shape index (κ3) is 1.79. The molecule has 2 nitrogen and oxygen atoms in total. The van der Waals surface area contributed by atoms with Gasteiger partial charge in [0.1, 0.15) is 0 Å². The van der Waals surface area contributed by atoms with Crippen LogP contribution in [0, 0.1) is 28.6 Å². The summed E-state index contributed by atoms with van der Waals surface area (Å²) in [6, 6.07) is 0. The van der Waals surface area contributed by atoms with Gasteiger partial charge in [-0.05, 0) is 61.7 Å². The van der Waals surface area contributed by atoms with Gasteiger partial charge in [-0.1, -0.05) is 41.4 Å². The first kappa shape index (κ1) is 14.3. The molecule has 0 aromatic rings. The molecule has 0 spiro atoms. The minimum Gasteiger partial charge on any atom is -0.355 e. The summed E-state index contributed by atoms with van der Waals surface area (Å²) < 4.78 is 0. The molecular weight excluding hydrogens is 326 g/mol. The minimum absolute atomic E-state index is 0.0971. The second kappa shape index (κ2) is 4.59. The molecule has 1 amide bonds. The molecule has 3 heteroatoms. The van der Waals surface area contributed by atoms with E-state index in [2.05, 4.69) is 41.2 Å². The first-order valence-electron chi connectivity index (χ1n) is 8.60. The van der Waals surface area contributed by atoms with Gasteiger partial charge in [0.15, 0.2) is 0 Å². The number of carbonyl (C=O) groups is 1. The van der Waals surface area contributed by atoms with E-state index in [0.29, 0.717) is 28.0 Å². The van der Waals surface area contributed by atoms with Crippen molar-refractivity contribution in [3.8, 4) is 0 Å². The van der Waals surface area contributed by atoms with Crippen molar-refractivity contribution in [3.63, 3.8) is 0 Å². The largest absolute Gasteiger partial charge is 0.355 e. The number of amides is 1. The fraction of sp³-hybridized carbons (Fsp3) is 0.833. The normalized spacial score (nSPS) is 52.3. The van der Waals surface area contributed by atoms with Crippen molar-refractivity contribution in [2.24, 2.45) is 28.6 Å². The van der Waals surface area contributed by atoms with Crippen LogP contribution in [-0.4, -0.2) is 17.3 Å². The van der Waals surface area contributed by atoms with Crippen LogP contribution in [0.25, 0.3) is 0 Å². The maximum Gasteiger partial charge on any atom is 0.226 e. The third-order valence-corrected chi connectivity index (χ3v) is 8.25. The highest BCUT2D eigenvalue weighted by atomic mass is 79.9. The predicted molar refractivity (Wildman–Crippen MR) is 88.2 cm³/mol. The van der Waals surface area contributed by atoms with Crippen LogP contribution in [0.4, 0.5) is 0 Å². The Hall–Kier alpha value is -0.310. The summed E-state index contributed by atoms with van der Waals surface area (Å²) in [4.78, 5) is 12.8. The Morgan fingerprint density at radius 3 is 2.86 bits per heavy atom. The number of rotatable bonds is 0. The molecule has 0 radical (unpaired) electrons. The van der Waals surface area contributed by atoms with Gasteiger partial charge in [0.25, 0.3) is 0 Å². The molecule has 116 valence electrons. The Morgan fingerprint density at radius 1 is 1.24 bits per heavy atom. The number of fused-ring (bicyclic) bond motifs is 5. The smallest absolute Gasteiger partial charge is 0.226 e. The van der Waals surface area contributed by atoms with Crippen molar-refractivity contribution in [3.05, 3.63) is 11.6 Å². The standard InChI is InChI=1S/C18H26BrNO/c1-17-7-4-3-5-13(17)15(19)9-11-12(17)6-8-18(2)14(11)10-20-16(18)21/h5,11-12,14-15H,3-4,6-10H2,1-2H3,(H,20,21)/t11-,12-,14+,15?,17-,18+/m1/s1. The summed E-state index contributed by atoms with van der Waals surface area (Å²) in [7, 11) is 0. The molecular formula is C18H26BrNO. The van der Waals surface area contributed by atoms with Crippen LogP contribution < -0.4 is 5.32 Å². The second-order valence-electron chi connectivity index (χ2n) is 8.22. The molecule has 6 atom stereocenters. The number of nitrogens with one attached hydrogen (secondary N) is 1. The maximum atomic E-state index is 12.3. The summed E-state index contributed by atoms with van der Waals surface area (Å²) in [5, 5.41) is 3.17. The van der Waals surface area contributed by atoms with Crippen molar-refractivity contribution in [2.45, 2.75) is 57.2 Å². The maximum absolute atomic E-state index is 12.3. The number of hydrogen-bond donors (Lipinski definition) is 1. The van der Waals surface area contributed by atoms with Crippen molar-refractivity contribution in [1.29, 1.82) is 0 Å². The van der Waals surface area contributed by atoms with E-state index >= 15 is 0 Å².